The number of anilines is 1. The first kappa shape index (κ1) is 19.0. The minimum absolute atomic E-state index is 0.00845. The fourth-order valence-corrected chi connectivity index (χ4v) is 1.84. The minimum Gasteiger partial charge on any atom is -0.452 e. The van der Waals surface area contributed by atoms with Crippen LogP contribution < -0.4 is 10.6 Å². The zero-order valence-electron chi connectivity index (χ0n) is 13.2. The van der Waals surface area contributed by atoms with Gasteiger partial charge in [0.2, 0.25) is 5.91 Å². The Bertz CT molecular complexity index is 843. The van der Waals surface area contributed by atoms with Gasteiger partial charge in [-0.2, -0.15) is 0 Å². The van der Waals surface area contributed by atoms with Crippen molar-refractivity contribution < 1.29 is 32.3 Å². The Morgan fingerprint density at radius 1 is 0.885 bits per heavy atom. The average molecular weight is 366 g/mol. The summed E-state index contributed by atoms with van der Waals surface area (Å²) in [6, 6.07) is 7.86. The van der Waals surface area contributed by atoms with E-state index >= 15 is 0 Å². The van der Waals surface area contributed by atoms with Crippen LogP contribution in [0.3, 0.4) is 0 Å². The summed E-state index contributed by atoms with van der Waals surface area (Å²) in [4.78, 5) is 34.8. The molecule has 0 fully saturated rings. The molecule has 0 heterocycles. The summed E-state index contributed by atoms with van der Waals surface area (Å²) >= 11 is 0. The van der Waals surface area contributed by atoms with E-state index in [1.165, 1.54) is 18.2 Å². The van der Waals surface area contributed by atoms with Gasteiger partial charge in [-0.1, -0.05) is 12.1 Å². The highest BCUT2D eigenvalue weighted by Gasteiger charge is 2.14. The van der Waals surface area contributed by atoms with Crippen LogP contribution in [-0.4, -0.2) is 30.9 Å². The van der Waals surface area contributed by atoms with Crippen LogP contribution in [0.5, 0.6) is 0 Å². The summed E-state index contributed by atoms with van der Waals surface area (Å²) in [6.07, 6.45) is 0. The number of amides is 2. The van der Waals surface area contributed by atoms with Crippen molar-refractivity contribution >= 4 is 23.5 Å². The van der Waals surface area contributed by atoms with E-state index in [1.807, 2.05) is 0 Å². The Hall–Kier alpha value is -3.36. The fourth-order valence-electron chi connectivity index (χ4n) is 1.84. The van der Waals surface area contributed by atoms with Gasteiger partial charge in [0.1, 0.15) is 5.82 Å². The van der Waals surface area contributed by atoms with E-state index < -0.39 is 48.4 Å². The number of hydrogen-bond donors (Lipinski definition) is 2. The molecule has 6 nitrogen and oxygen atoms in total. The molecular weight excluding hydrogens is 353 g/mol. The van der Waals surface area contributed by atoms with Crippen molar-refractivity contribution in [1.29, 1.82) is 0 Å². The molecular formula is C17H13F3N2O4. The van der Waals surface area contributed by atoms with E-state index in [0.29, 0.717) is 0 Å². The number of halogens is 3. The van der Waals surface area contributed by atoms with Crippen LogP contribution in [-0.2, 0) is 14.3 Å². The van der Waals surface area contributed by atoms with Gasteiger partial charge in [0.15, 0.2) is 18.2 Å². The molecule has 2 N–H and O–H groups in total. The number of hydrogen-bond acceptors (Lipinski definition) is 4. The van der Waals surface area contributed by atoms with Crippen LogP contribution in [0, 0.1) is 17.5 Å². The summed E-state index contributed by atoms with van der Waals surface area (Å²) in [5, 5.41) is 4.41. The molecule has 0 aliphatic rings. The second kappa shape index (κ2) is 8.65. The molecule has 0 unspecified atom stereocenters. The number of carbonyl (C=O) groups excluding carboxylic acids is 3. The third kappa shape index (κ3) is 5.33. The molecule has 2 aromatic rings. The van der Waals surface area contributed by atoms with E-state index in [-0.39, 0.29) is 11.3 Å². The molecule has 0 radical (unpaired) electrons. The Morgan fingerprint density at radius 2 is 1.62 bits per heavy atom. The number of nitrogens with one attached hydrogen (secondary N) is 2. The molecule has 0 aromatic heterocycles. The van der Waals surface area contributed by atoms with E-state index in [1.54, 1.807) is 0 Å². The maximum Gasteiger partial charge on any atom is 0.341 e. The van der Waals surface area contributed by atoms with E-state index in [9.17, 15) is 27.6 Å². The Morgan fingerprint density at radius 3 is 2.31 bits per heavy atom. The number of esters is 1. The van der Waals surface area contributed by atoms with Gasteiger partial charge < -0.3 is 15.4 Å². The summed E-state index contributed by atoms with van der Waals surface area (Å²) in [5.74, 6) is -5.51. The van der Waals surface area contributed by atoms with Gasteiger partial charge in [-0.25, -0.2) is 18.0 Å². The second-order valence-electron chi connectivity index (χ2n) is 5.01. The largest absolute Gasteiger partial charge is 0.452 e. The maximum atomic E-state index is 13.4. The normalized spacial score (nSPS) is 10.1. The lowest BCUT2D eigenvalue weighted by atomic mass is 10.2. The van der Waals surface area contributed by atoms with Crippen molar-refractivity contribution in [3.8, 4) is 0 Å². The van der Waals surface area contributed by atoms with Crippen molar-refractivity contribution in [3.63, 3.8) is 0 Å². The summed E-state index contributed by atoms with van der Waals surface area (Å²) in [6.45, 7) is -1.21. The molecule has 0 saturated heterocycles. The summed E-state index contributed by atoms with van der Waals surface area (Å²) < 4.78 is 43.8. The molecule has 9 heteroatoms. The van der Waals surface area contributed by atoms with Crippen molar-refractivity contribution in [1.82, 2.24) is 5.32 Å². The predicted molar refractivity (Wildman–Crippen MR) is 84.7 cm³/mol. The molecule has 0 spiro atoms. The Kier molecular flexibility index (Phi) is 6.31. The lowest BCUT2D eigenvalue weighted by Gasteiger charge is -2.08. The zero-order chi connectivity index (χ0) is 19.1. The van der Waals surface area contributed by atoms with Crippen molar-refractivity contribution in [2.75, 3.05) is 18.5 Å². The number of rotatable bonds is 6. The highest BCUT2D eigenvalue weighted by Crippen LogP contribution is 2.12. The SMILES string of the molecule is O=C(COC(=O)c1ccccc1F)NCC(=O)Nc1ccc(F)c(F)c1. The minimum atomic E-state index is -1.13. The third-order valence-corrected chi connectivity index (χ3v) is 3.08. The fraction of sp³-hybridized carbons (Fsp3) is 0.118. The first-order valence-corrected chi connectivity index (χ1v) is 7.30. The smallest absolute Gasteiger partial charge is 0.341 e. The van der Waals surface area contributed by atoms with E-state index in [4.69, 9.17) is 0 Å². The molecule has 2 aromatic carbocycles. The molecule has 0 saturated carbocycles. The van der Waals surface area contributed by atoms with Crippen molar-refractivity contribution in [2.45, 2.75) is 0 Å². The van der Waals surface area contributed by atoms with Gasteiger partial charge in [-0.05, 0) is 24.3 Å². The lowest BCUT2D eigenvalue weighted by molar-refractivity contribution is -0.126. The molecule has 136 valence electrons. The number of benzene rings is 2. The molecule has 2 rings (SSSR count). The topological polar surface area (TPSA) is 84.5 Å². The molecule has 2 amide bonds. The molecule has 0 bridgehead atoms. The molecule has 0 atom stereocenters. The van der Waals surface area contributed by atoms with Crippen LogP contribution >= 0.6 is 0 Å². The highest BCUT2D eigenvalue weighted by atomic mass is 19.2. The lowest BCUT2D eigenvalue weighted by Crippen LogP contribution is -2.35. The third-order valence-electron chi connectivity index (χ3n) is 3.08. The van der Waals surface area contributed by atoms with Gasteiger partial charge >= 0.3 is 5.97 Å². The summed E-state index contributed by atoms with van der Waals surface area (Å²) in [7, 11) is 0. The van der Waals surface area contributed by atoms with Gasteiger partial charge in [-0.15, -0.1) is 0 Å². The van der Waals surface area contributed by atoms with Crippen molar-refractivity contribution in [3.05, 3.63) is 65.5 Å². The molecule has 26 heavy (non-hydrogen) atoms. The summed E-state index contributed by atoms with van der Waals surface area (Å²) in [5.41, 5.74) is -0.314. The van der Waals surface area contributed by atoms with Crippen molar-refractivity contribution in [2.24, 2.45) is 0 Å². The zero-order valence-corrected chi connectivity index (χ0v) is 13.2. The maximum absolute atomic E-state index is 13.4. The van der Waals surface area contributed by atoms with Gasteiger partial charge in [0.25, 0.3) is 5.91 Å². The van der Waals surface area contributed by atoms with Crippen LogP contribution in [0.4, 0.5) is 18.9 Å². The second-order valence-corrected chi connectivity index (χ2v) is 5.01. The first-order valence-electron chi connectivity index (χ1n) is 7.30. The predicted octanol–water partition coefficient (Wildman–Crippen LogP) is 2.02. The highest BCUT2D eigenvalue weighted by molar-refractivity contribution is 5.95. The molecule has 0 aliphatic heterocycles. The Balaban J connectivity index is 1.76. The average Bonchev–Trinajstić information content (AvgIpc) is 2.61. The molecule has 0 aliphatic carbocycles. The number of ether oxygens (including phenoxy) is 1. The van der Waals surface area contributed by atoms with Crippen LogP contribution in [0.25, 0.3) is 0 Å². The van der Waals surface area contributed by atoms with E-state index in [0.717, 1.165) is 24.3 Å². The van der Waals surface area contributed by atoms with Gasteiger partial charge in [-0.3, -0.25) is 9.59 Å². The van der Waals surface area contributed by atoms with Gasteiger partial charge in [0, 0.05) is 11.8 Å². The monoisotopic (exact) mass is 366 g/mol. The van der Waals surface area contributed by atoms with E-state index in [2.05, 4.69) is 15.4 Å². The van der Waals surface area contributed by atoms with Crippen LogP contribution in [0.15, 0.2) is 42.5 Å². The Labute approximate surface area is 146 Å². The van der Waals surface area contributed by atoms with Gasteiger partial charge in [0.05, 0.1) is 12.1 Å². The van der Waals surface area contributed by atoms with Crippen LogP contribution in [0.2, 0.25) is 0 Å². The number of carbonyl (C=O) groups is 3. The first-order chi connectivity index (χ1) is 12.4. The quantitative estimate of drug-likeness (QED) is 0.766. The standard InChI is InChI=1S/C17H13F3N2O4/c18-12-4-2-1-3-11(12)17(25)26-9-16(24)21-8-15(23)22-10-5-6-13(19)14(20)7-10/h1-7H,8-9H2,(H,21,24)(H,22,23). The van der Waals surface area contributed by atoms with Crippen LogP contribution in [0.1, 0.15) is 10.4 Å².